The third-order valence-electron chi connectivity index (χ3n) is 12.2. The summed E-state index contributed by atoms with van der Waals surface area (Å²) in [5.41, 5.74) is 6.70. The van der Waals surface area contributed by atoms with Crippen molar-refractivity contribution in [2.75, 3.05) is 81.8 Å². The Hall–Kier alpha value is -4.54. The minimum absolute atomic E-state index is 0.0652. The predicted molar refractivity (Wildman–Crippen MR) is 246 cm³/mol. The van der Waals surface area contributed by atoms with Gasteiger partial charge in [0.1, 0.15) is 30.3 Å². The lowest BCUT2D eigenvalue weighted by Gasteiger charge is -2.43. The van der Waals surface area contributed by atoms with Crippen LogP contribution in [0.4, 0.5) is 37.6 Å². The number of benzene rings is 3. The highest BCUT2D eigenvalue weighted by atomic mass is 79.9. The molecule has 3 fully saturated rings. The van der Waals surface area contributed by atoms with Crippen LogP contribution >= 0.6 is 34.4 Å². The summed E-state index contributed by atoms with van der Waals surface area (Å²) in [6.07, 6.45) is 5.25. The van der Waals surface area contributed by atoms with E-state index in [1.807, 2.05) is 12.1 Å². The summed E-state index contributed by atoms with van der Waals surface area (Å²) in [5.74, 6) is -1.93. The molecule has 2 amide bonds. The van der Waals surface area contributed by atoms with Crippen molar-refractivity contribution in [3.8, 4) is 5.75 Å². The number of carbonyl (C=O) groups excluding carboxylic acids is 2. The fourth-order valence-corrected chi connectivity index (χ4v) is 12.1. The van der Waals surface area contributed by atoms with Crippen LogP contribution in [0.15, 0.2) is 52.6 Å². The number of aryl methyl sites for hydroxylation is 1. The van der Waals surface area contributed by atoms with Gasteiger partial charge in [-0.25, -0.2) is 18.7 Å². The van der Waals surface area contributed by atoms with Crippen molar-refractivity contribution in [1.82, 2.24) is 30.1 Å². The van der Waals surface area contributed by atoms with E-state index in [1.54, 1.807) is 32.1 Å². The molecule has 13 nitrogen and oxygen atoms in total. The number of nitrogens with zero attached hydrogens (tertiary/aromatic N) is 6. The summed E-state index contributed by atoms with van der Waals surface area (Å²) in [6, 6.07) is 11.2. The van der Waals surface area contributed by atoms with Gasteiger partial charge in [0.25, 0.3) is 0 Å². The third kappa shape index (κ3) is 9.52. The zero-order chi connectivity index (χ0) is 43.7. The number of nitrogens with one attached hydrogen (secondary N) is 3. The van der Waals surface area contributed by atoms with Gasteiger partial charge in [-0.15, -0.1) is 11.3 Å². The van der Waals surface area contributed by atoms with E-state index in [-0.39, 0.29) is 18.4 Å². The summed E-state index contributed by atoms with van der Waals surface area (Å²) in [4.78, 5) is 44.9. The lowest BCUT2D eigenvalue weighted by molar-refractivity contribution is -0.134. The number of aromatic nitrogens is 3. The number of hydrogen-bond donors (Lipinski definition) is 3. The molecule has 5 heterocycles. The van der Waals surface area contributed by atoms with Gasteiger partial charge in [-0.1, -0.05) is 6.92 Å². The first-order chi connectivity index (χ1) is 29.8. The number of thiazole rings is 1. The molecule has 2 aromatic heterocycles. The monoisotopic (exact) mass is 949 g/mol. The van der Waals surface area contributed by atoms with Crippen LogP contribution in [-0.2, 0) is 27.0 Å². The smallest absolute Gasteiger partial charge is 0.234 e. The van der Waals surface area contributed by atoms with Crippen LogP contribution in [0.1, 0.15) is 55.2 Å². The Bertz CT molecular complexity index is 2520. The maximum Gasteiger partial charge on any atom is 0.234 e. The second-order valence-electron chi connectivity index (χ2n) is 16.5. The minimum atomic E-state index is -2.68. The molecule has 18 heteroatoms. The van der Waals surface area contributed by atoms with Gasteiger partial charge in [0.2, 0.25) is 17.8 Å². The maximum atomic E-state index is 15.1. The average Bonchev–Trinajstić information content (AvgIpc) is 3.73. The third-order valence-corrected chi connectivity index (χ3v) is 15.3. The second-order valence-corrected chi connectivity index (χ2v) is 21.4. The quantitative estimate of drug-likeness (QED) is 0.0784. The molecule has 0 aliphatic carbocycles. The van der Waals surface area contributed by atoms with Crippen molar-refractivity contribution in [3.63, 3.8) is 0 Å². The molecular weight excluding hydrogens is 899 g/mol. The lowest BCUT2D eigenvalue weighted by atomic mass is 9.89. The van der Waals surface area contributed by atoms with Crippen LogP contribution in [0.2, 0.25) is 0 Å². The Labute approximate surface area is 372 Å². The normalized spacial score (nSPS) is 18.3. The zero-order valence-electron chi connectivity index (χ0n) is 35.3. The number of ether oxygens (including phenoxy) is 1. The van der Waals surface area contributed by atoms with E-state index in [9.17, 15) is 14.2 Å². The molecule has 3 N–H and O–H groups in total. The topological polar surface area (TPSA) is 145 Å². The average molecular weight is 951 g/mol. The molecule has 3 aromatic carbocycles. The van der Waals surface area contributed by atoms with E-state index in [4.69, 9.17) is 9.72 Å². The van der Waals surface area contributed by atoms with Crippen LogP contribution in [0.25, 0.3) is 10.2 Å². The number of anilines is 5. The number of halogens is 3. The molecule has 8 rings (SSSR count). The molecule has 1 atom stereocenters. The predicted octanol–water partition coefficient (Wildman–Crippen LogP) is 7.78. The largest absolute Gasteiger partial charge is 0.494 e. The molecule has 3 saturated heterocycles. The van der Waals surface area contributed by atoms with Crippen LogP contribution in [0, 0.1) is 11.6 Å². The van der Waals surface area contributed by atoms with Gasteiger partial charge < -0.3 is 29.7 Å². The van der Waals surface area contributed by atoms with Crippen molar-refractivity contribution in [1.29, 1.82) is 0 Å². The Kier molecular flexibility index (Phi) is 13.3. The highest BCUT2D eigenvalue weighted by Gasteiger charge is 2.33. The second kappa shape index (κ2) is 18.7. The SMILES string of the molecule is CCc1cc(Nc2ncc(Br)c(Nc3ccc4ncsc4c3P(C)(C)=O)n2)c(OC)cc1N1CCC(N2CCN(CCc3cc(F)c(C4CCC(=O)NC4=O)c(F)c3)CC2)CC1. The van der Waals surface area contributed by atoms with Crippen LogP contribution in [-0.4, -0.2) is 109 Å². The molecular formula is C44H51BrF2N9O4PS. The summed E-state index contributed by atoms with van der Waals surface area (Å²) in [5, 5.41) is 9.73. The Balaban J connectivity index is 0.864. The standard InChI is InChI=1S/C44H51BrF2N9O4PS/c1-5-27-22-35(51-44-48-24-30(45)42(53-44)50-33-7-8-34-41(62-25-49-34)40(33)61(3,4)59)37(60-2)23-36(27)56-14-11-28(12-15-56)55-18-16-54(17-19-55)13-10-26-20-31(46)39(32(47)21-26)29-6-9-38(57)52-43(29)58/h7-8,20-25,28-29H,5-6,9-19H2,1-4H3,(H,52,57,58)(H2,48,50,51,53). The number of amides is 2. The van der Waals surface area contributed by atoms with Gasteiger partial charge >= 0.3 is 0 Å². The van der Waals surface area contributed by atoms with Gasteiger partial charge in [0, 0.05) is 81.8 Å². The Morgan fingerprint density at radius 2 is 1.71 bits per heavy atom. The van der Waals surface area contributed by atoms with Crippen molar-refractivity contribution in [2.45, 2.75) is 57.4 Å². The van der Waals surface area contributed by atoms with Gasteiger partial charge in [-0.05, 0) is 103 Å². The Morgan fingerprint density at radius 1 is 0.968 bits per heavy atom. The summed E-state index contributed by atoms with van der Waals surface area (Å²) < 4.78 is 51.1. The molecule has 0 saturated carbocycles. The number of imide groups is 1. The lowest BCUT2D eigenvalue weighted by Crippen LogP contribution is -2.53. The number of hydrogen-bond acceptors (Lipinski definition) is 13. The Morgan fingerprint density at radius 3 is 2.39 bits per heavy atom. The van der Waals surface area contributed by atoms with Crippen molar-refractivity contribution in [2.24, 2.45) is 0 Å². The summed E-state index contributed by atoms with van der Waals surface area (Å²) in [6.45, 7) is 11.8. The van der Waals surface area contributed by atoms with E-state index >= 15 is 8.78 Å². The fraction of sp³-hybridized carbons (Fsp3) is 0.432. The molecule has 3 aliphatic heterocycles. The number of piperazine rings is 1. The molecule has 328 valence electrons. The van der Waals surface area contributed by atoms with Gasteiger partial charge in [0.05, 0.1) is 49.9 Å². The van der Waals surface area contributed by atoms with Crippen molar-refractivity contribution in [3.05, 3.63) is 80.9 Å². The zero-order valence-corrected chi connectivity index (χ0v) is 38.6. The first-order valence-corrected chi connectivity index (χ1v) is 25.3. The first kappa shape index (κ1) is 44.1. The molecule has 3 aliphatic rings. The van der Waals surface area contributed by atoms with E-state index in [0.29, 0.717) is 52.2 Å². The molecule has 5 aromatic rings. The van der Waals surface area contributed by atoms with Crippen molar-refractivity contribution >= 4 is 90.6 Å². The molecule has 62 heavy (non-hydrogen) atoms. The van der Waals surface area contributed by atoms with Gasteiger partial charge in [0.15, 0.2) is 0 Å². The van der Waals surface area contributed by atoms with E-state index in [1.165, 1.54) is 29.0 Å². The van der Waals surface area contributed by atoms with E-state index < -0.39 is 36.5 Å². The number of piperidine rings is 2. The molecule has 0 spiro atoms. The van der Waals surface area contributed by atoms with E-state index in [0.717, 1.165) is 85.4 Å². The highest BCUT2D eigenvalue weighted by molar-refractivity contribution is 9.10. The number of fused-ring (bicyclic) bond motifs is 1. The van der Waals surface area contributed by atoms with E-state index in [2.05, 4.69) is 75.6 Å². The number of carbonyl (C=O) groups is 2. The summed E-state index contributed by atoms with van der Waals surface area (Å²) >= 11 is 5.07. The summed E-state index contributed by atoms with van der Waals surface area (Å²) in [7, 11) is -1.01. The van der Waals surface area contributed by atoms with Crippen LogP contribution in [0.3, 0.4) is 0 Å². The van der Waals surface area contributed by atoms with Gasteiger partial charge in [-0.3, -0.25) is 19.8 Å². The number of rotatable bonds is 13. The van der Waals surface area contributed by atoms with Crippen molar-refractivity contribution < 1.29 is 27.7 Å². The van der Waals surface area contributed by atoms with Gasteiger partial charge in [-0.2, -0.15) is 4.98 Å². The van der Waals surface area contributed by atoms with Crippen LogP contribution < -0.4 is 30.9 Å². The molecule has 1 unspecified atom stereocenters. The fourth-order valence-electron chi connectivity index (χ4n) is 8.96. The van der Waals surface area contributed by atoms with Crippen LogP contribution in [0.5, 0.6) is 5.75 Å². The molecule has 0 bridgehead atoms. The minimum Gasteiger partial charge on any atom is -0.494 e. The molecule has 0 radical (unpaired) electrons. The first-order valence-electron chi connectivity index (χ1n) is 21.0. The number of methoxy groups -OCH3 is 1. The highest BCUT2D eigenvalue weighted by Crippen LogP contribution is 2.43. The maximum absolute atomic E-state index is 15.1.